The van der Waals surface area contributed by atoms with Crippen LogP contribution in [0.1, 0.15) is 54.7 Å². The van der Waals surface area contributed by atoms with Crippen molar-refractivity contribution in [3.8, 4) is 5.75 Å². The Morgan fingerprint density at radius 1 is 1.34 bits per heavy atom. The number of hydrogen-bond donors (Lipinski definition) is 1. The number of fused-ring (bicyclic) bond motifs is 1. The second kappa shape index (κ2) is 10.8. The van der Waals surface area contributed by atoms with E-state index in [1.54, 1.807) is 11.3 Å². The van der Waals surface area contributed by atoms with Crippen molar-refractivity contribution in [2.45, 2.75) is 58.1 Å². The predicted octanol–water partition coefficient (Wildman–Crippen LogP) is 4.43. The van der Waals surface area contributed by atoms with Gasteiger partial charge in [0.1, 0.15) is 12.4 Å². The summed E-state index contributed by atoms with van der Waals surface area (Å²) in [6.07, 6.45) is 4.76. The normalized spacial score (nSPS) is 19.1. The average Bonchev–Trinajstić information content (AvgIpc) is 3.44. The van der Waals surface area contributed by atoms with Crippen LogP contribution in [0.4, 0.5) is 0 Å². The Morgan fingerprint density at radius 2 is 2.19 bits per heavy atom. The van der Waals surface area contributed by atoms with E-state index in [0.717, 1.165) is 43.7 Å². The van der Waals surface area contributed by atoms with E-state index in [2.05, 4.69) is 36.3 Å². The van der Waals surface area contributed by atoms with E-state index >= 15 is 0 Å². The highest BCUT2D eigenvalue weighted by Gasteiger charge is 2.34. The number of carbonyl (C=O) groups is 1. The molecule has 1 fully saturated rings. The van der Waals surface area contributed by atoms with Crippen LogP contribution in [0.5, 0.6) is 5.75 Å². The second-order valence-electron chi connectivity index (χ2n) is 9.36. The molecule has 1 N–H and O–H groups in total. The molecule has 1 aromatic heterocycles. The summed E-state index contributed by atoms with van der Waals surface area (Å²) in [4.78, 5) is 19.1. The Kier molecular flexibility index (Phi) is 7.87. The third kappa shape index (κ3) is 6.12. The molecule has 32 heavy (non-hydrogen) atoms. The van der Waals surface area contributed by atoms with Crippen LogP contribution in [0.3, 0.4) is 0 Å². The summed E-state index contributed by atoms with van der Waals surface area (Å²) in [5.74, 6) is 1.67. The predicted molar refractivity (Wildman–Crippen MR) is 129 cm³/mol. The molecule has 2 aromatic rings. The van der Waals surface area contributed by atoms with E-state index in [4.69, 9.17) is 4.74 Å². The standard InChI is InChI=1S/C26H36N2O3S/c1-3-5-21(29)16-27(15-20-8-9-20)17-26(30)28-12-10-25-23(11-13-32-25)24(28)18-31-22-7-4-6-19(2)14-22/h4,6-7,11,13-14,20-21,24,29H,3,5,8-10,12,15-18H2,1-2H3. The SMILES string of the molecule is CCCC(O)CN(CC(=O)N1CCc2sccc2C1COc1cccc(C)c1)CC1CC1. The number of benzene rings is 1. The zero-order valence-corrected chi connectivity index (χ0v) is 20.2. The topological polar surface area (TPSA) is 53.0 Å². The number of amides is 1. The van der Waals surface area contributed by atoms with Crippen LogP contribution in [0, 0.1) is 12.8 Å². The van der Waals surface area contributed by atoms with E-state index in [-0.39, 0.29) is 18.1 Å². The number of aryl methyl sites for hydroxylation is 1. The van der Waals surface area contributed by atoms with Gasteiger partial charge in [-0.15, -0.1) is 11.3 Å². The van der Waals surface area contributed by atoms with Crippen LogP contribution in [0.15, 0.2) is 35.7 Å². The second-order valence-corrected chi connectivity index (χ2v) is 10.4. The number of rotatable bonds is 11. The highest BCUT2D eigenvalue weighted by Crippen LogP contribution is 2.34. The lowest BCUT2D eigenvalue weighted by molar-refractivity contribution is -0.136. The minimum atomic E-state index is -0.364. The summed E-state index contributed by atoms with van der Waals surface area (Å²) in [6, 6.07) is 10.2. The molecule has 2 aliphatic rings. The molecule has 1 aromatic carbocycles. The molecule has 0 radical (unpaired) electrons. The van der Waals surface area contributed by atoms with Crippen molar-refractivity contribution in [3.05, 3.63) is 51.7 Å². The van der Waals surface area contributed by atoms with Crippen molar-refractivity contribution in [1.82, 2.24) is 9.80 Å². The maximum absolute atomic E-state index is 13.5. The first-order valence-electron chi connectivity index (χ1n) is 12.0. The molecular formula is C26H36N2O3S. The van der Waals surface area contributed by atoms with E-state index in [1.165, 1.54) is 23.3 Å². The summed E-state index contributed by atoms with van der Waals surface area (Å²) < 4.78 is 6.17. The molecule has 174 valence electrons. The Morgan fingerprint density at radius 3 is 2.94 bits per heavy atom. The van der Waals surface area contributed by atoms with Gasteiger partial charge in [0, 0.05) is 24.5 Å². The molecule has 2 heterocycles. The zero-order valence-electron chi connectivity index (χ0n) is 19.3. The summed E-state index contributed by atoms with van der Waals surface area (Å²) >= 11 is 1.77. The average molecular weight is 457 g/mol. The fourth-order valence-electron chi connectivity index (χ4n) is 4.63. The number of aliphatic hydroxyl groups excluding tert-OH is 1. The van der Waals surface area contributed by atoms with Crippen LogP contribution in [0.2, 0.25) is 0 Å². The van der Waals surface area contributed by atoms with Gasteiger partial charge in [-0.2, -0.15) is 0 Å². The minimum Gasteiger partial charge on any atom is -0.491 e. The monoisotopic (exact) mass is 456 g/mol. The van der Waals surface area contributed by atoms with E-state index in [0.29, 0.717) is 25.6 Å². The third-order valence-electron chi connectivity index (χ3n) is 6.48. The first-order chi connectivity index (χ1) is 15.5. The molecule has 1 saturated carbocycles. The van der Waals surface area contributed by atoms with Crippen molar-refractivity contribution in [2.24, 2.45) is 5.92 Å². The Balaban J connectivity index is 1.45. The van der Waals surface area contributed by atoms with Gasteiger partial charge in [0.2, 0.25) is 5.91 Å². The number of carbonyl (C=O) groups excluding carboxylic acids is 1. The fraction of sp³-hybridized carbons (Fsp3) is 0.577. The fourth-order valence-corrected chi connectivity index (χ4v) is 5.56. The molecule has 1 amide bonds. The maximum Gasteiger partial charge on any atom is 0.237 e. The molecule has 4 rings (SSSR count). The first-order valence-corrected chi connectivity index (χ1v) is 12.9. The van der Waals surface area contributed by atoms with Crippen LogP contribution < -0.4 is 4.74 Å². The van der Waals surface area contributed by atoms with Gasteiger partial charge in [0.25, 0.3) is 0 Å². The van der Waals surface area contributed by atoms with Gasteiger partial charge >= 0.3 is 0 Å². The lowest BCUT2D eigenvalue weighted by Crippen LogP contribution is -2.48. The number of aliphatic hydroxyl groups is 1. The minimum absolute atomic E-state index is 0.0682. The molecule has 0 saturated heterocycles. The quantitative estimate of drug-likeness (QED) is 0.543. The molecule has 2 unspecified atom stereocenters. The van der Waals surface area contributed by atoms with Gasteiger partial charge in [-0.25, -0.2) is 0 Å². The maximum atomic E-state index is 13.5. The zero-order chi connectivity index (χ0) is 22.5. The Hall–Kier alpha value is -1.89. The highest BCUT2D eigenvalue weighted by molar-refractivity contribution is 7.10. The van der Waals surface area contributed by atoms with E-state index in [1.807, 2.05) is 23.1 Å². The van der Waals surface area contributed by atoms with Crippen molar-refractivity contribution >= 4 is 17.2 Å². The molecule has 2 atom stereocenters. The third-order valence-corrected chi connectivity index (χ3v) is 7.47. The Labute approximate surface area is 196 Å². The van der Waals surface area contributed by atoms with Gasteiger partial charge in [-0.3, -0.25) is 9.69 Å². The molecule has 1 aliphatic carbocycles. The lowest BCUT2D eigenvalue weighted by atomic mass is 10.00. The number of hydrogen-bond acceptors (Lipinski definition) is 5. The lowest BCUT2D eigenvalue weighted by Gasteiger charge is -2.37. The summed E-state index contributed by atoms with van der Waals surface area (Å²) in [5, 5.41) is 12.5. The molecule has 1 aliphatic heterocycles. The molecule has 0 spiro atoms. The number of thiophene rings is 1. The molecule has 6 heteroatoms. The van der Waals surface area contributed by atoms with Gasteiger partial charge < -0.3 is 14.7 Å². The van der Waals surface area contributed by atoms with Gasteiger partial charge in [0.15, 0.2) is 0 Å². The molecular weight excluding hydrogens is 420 g/mol. The van der Waals surface area contributed by atoms with Crippen LogP contribution in [-0.2, 0) is 11.2 Å². The van der Waals surface area contributed by atoms with E-state index < -0.39 is 0 Å². The summed E-state index contributed by atoms with van der Waals surface area (Å²) in [5.41, 5.74) is 2.39. The van der Waals surface area contributed by atoms with Gasteiger partial charge in [-0.1, -0.05) is 25.5 Å². The number of ether oxygens (including phenoxy) is 1. The molecule has 0 bridgehead atoms. The van der Waals surface area contributed by atoms with Crippen molar-refractivity contribution < 1.29 is 14.6 Å². The van der Waals surface area contributed by atoms with Crippen LogP contribution in [-0.4, -0.2) is 59.7 Å². The van der Waals surface area contributed by atoms with Crippen LogP contribution >= 0.6 is 11.3 Å². The van der Waals surface area contributed by atoms with Crippen molar-refractivity contribution in [1.29, 1.82) is 0 Å². The Bertz CT molecular complexity index is 895. The van der Waals surface area contributed by atoms with E-state index in [9.17, 15) is 9.90 Å². The van der Waals surface area contributed by atoms with Crippen molar-refractivity contribution in [3.63, 3.8) is 0 Å². The molecule has 5 nitrogen and oxygen atoms in total. The highest BCUT2D eigenvalue weighted by atomic mass is 32.1. The smallest absolute Gasteiger partial charge is 0.237 e. The summed E-state index contributed by atoms with van der Waals surface area (Å²) in [6.45, 7) is 7.19. The van der Waals surface area contributed by atoms with Crippen LogP contribution in [0.25, 0.3) is 0 Å². The first kappa shape index (κ1) is 23.3. The summed E-state index contributed by atoms with van der Waals surface area (Å²) in [7, 11) is 0. The largest absolute Gasteiger partial charge is 0.491 e. The van der Waals surface area contributed by atoms with Gasteiger partial charge in [-0.05, 0) is 73.2 Å². The van der Waals surface area contributed by atoms with Gasteiger partial charge in [0.05, 0.1) is 18.7 Å². The number of nitrogens with zero attached hydrogens (tertiary/aromatic N) is 2. The van der Waals surface area contributed by atoms with Crippen molar-refractivity contribution in [2.75, 3.05) is 32.8 Å².